The summed E-state index contributed by atoms with van der Waals surface area (Å²) in [6, 6.07) is 80.5. The van der Waals surface area contributed by atoms with Crippen LogP contribution in [0.15, 0.2) is 236 Å². The number of rotatable bonds is 7. The van der Waals surface area contributed by atoms with E-state index in [1.165, 1.54) is 77.1 Å². The Kier molecular flexibility index (Phi) is 8.24. The zero-order valence-corrected chi connectivity index (χ0v) is 33.7. The molecule has 61 heavy (non-hydrogen) atoms. The van der Waals surface area contributed by atoms with Gasteiger partial charge in [-0.2, -0.15) is 0 Å². The molecule has 0 aliphatic heterocycles. The van der Waals surface area contributed by atoms with Crippen molar-refractivity contribution < 1.29 is 0 Å². The highest BCUT2D eigenvalue weighted by molar-refractivity contribution is 6.09. The van der Waals surface area contributed by atoms with Crippen LogP contribution in [-0.4, -0.2) is 4.57 Å². The molecule has 0 amide bonds. The van der Waals surface area contributed by atoms with Crippen LogP contribution in [0.2, 0.25) is 0 Å². The first-order chi connectivity index (χ1) is 30.3. The fourth-order valence-corrected chi connectivity index (χ4v) is 10.5. The second-order valence-electron chi connectivity index (χ2n) is 16.3. The van der Waals surface area contributed by atoms with Crippen molar-refractivity contribution in [3.63, 3.8) is 0 Å². The van der Waals surface area contributed by atoms with Gasteiger partial charge in [0.25, 0.3) is 0 Å². The van der Waals surface area contributed by atoms with Crippen LogP contribution >= 0.6 is 0 Å². The molecule has 0 unspecified atom stereocenters. The van der Waals surface area contributed by atoms with Crippen molar-refractivity contribution in [2.24, 2.45) is 0 Å². The van der Waals surface area contributed by atoms with Gasteiger partial charge in [-0.1, -0.05) is 176 Å². The zero-order valence-electron chi connectivity index (χ0n) is 33.7. The lowest BCUT2D eigenvalue weighted by Gasteiger charge is -2.37. The molecule has 2 aliphatic rings. The average Bonchev–Trinajstić information content (AvgIpc) is 3.83. The Morgan fingerprint density at radius 1 is 0.459 bits per heavy atom. The van der Waals surface area contributed by atoms with Crippen LogP contribution < -0.4 is 4.90 Å². The van der Waals surface area contributed by atoms with Crippen LogP contribution in [0.5, 0.6) is 0 Å². The Balaban J connectivity index is 0.997. The molecule has 9 aromatic carbocycles. The van der Waals surface area contributed by atoms with Gasteiger partial charge in [0.1, 0.15) is 0 Å². The second-order valence-corrected chi connectivity index (χ2v) is 16.3. The zero-order chi connectivity index (χ0) is 40.3. The third kappa shape index (κ3) is 5.49. The molecular formula is C59H42N2. The minimum atomic E-state index is -0.409. The summed E-state index contributed by atoms with van der Waals surface area (Å²) in [5.74, 6) is 0. The summed E-state index contributed by atoms with van der Waals surface area (Å²) < 4.78 is 2.38. The number of allylic oxidation sites excluding steroid dienone is 4. The van der Waals surface area contributed by atoms with Crippen molar-refractivity contribution in [3.8, 4) is 16.8 Å². The van der Waals surface area contributed by atoms with E-state index in [9.17, 15) is 0 Å². The highest BCUT2D eigenvalue weighted by atomic mass is 15.1. The highest BCUT2D eigenvalue weighted by Crippen LogP contribution is 2.58. The number of benzene rings is 9. The molecule has 0 saturated heterocycles. The lowest BCUT2D eigenvalue weighted by Crippen LogP contribution is -2.30. The molecular weight excluding hydrogens is 737 g/mol. The van der Waals surface area contributed by atoms with E-state index in [-0.39, 0.29) is 0 Å². The van der Waals surface area contributed by atoms with Gasteiger partial charge < -0.3 is 9.47 Å². The lowest BCUT2D eigenvalue weighted by atomic mass is 9.65. The molecule has 0 saturated carbocycles. The Morgan fingerprint density at radius 3 is 1.69 bits per heavy atom. The Labute approximate surface area is 356 Å². The standard InChI is InChI=1S/C59H42N2/c1-3-18-44(19-4-1)59(45-20-5-2-6-21-45)54-26-12-9-23-50(54)51-39-38-48(40-55(51)59)60(56-29-15-17-43-16-7-8-22-49(43)56)46-34-30-41(31-35-46)42-32-36-47(37-33-42)61-57-27-13-10-24-52(57)53-25-11-14-28-58(53)61/h1-11,13-25,27-40H,12,26H2. The summed E-state index contributed by atoms with van der Waals surface area (Å²) in [5.41, 5.74) is 17.1. The number of aromatic nitrogens is 1. The molecule has 1 aromatic heterocycles. The number of fused-ring (bicyclic) bond motifs is 6. The van der Waals surface area contributed by atoms with E-state index in [1.807, 2.05) is 0 Å². The quantitative estimate of drug-likeness (QED) is 0.156. The van der Waals surface area contributed by atoms with E-state index in [4.69, 9.17) is 0 Å². The summed E-state index contributed by atoms with van der Waals surface area (Å²) in [5, 5.41) is 4.98. The third-order valence-electron chi connectivity index (χ3n) is 13.2. The normalized spacial score (nSPS) is 14.1. The molecule has 10 aromatic rings. The van der Waals surface area contributed by atoms with Crippen LogP contribution in [0.25, 0.3) is 55.0 Å². The summed E-state index contributed by atoms with van der Waals surface area (Å²) in [6.45, 7) is 0. The predicted molar refractivity (Wildman–Crippen MR) is 256 cm³/mol. The molecule has 0 radical (unpaired) electrons. The van der Waals surface area contributed by atoms with Crippen LogP contribution in [0, 0.1) is 0 Å². The monoisotopic (exact) mass is 778 g/mol. The Bertz CT molecular complexity index is 3230. The van der Waals surface area contributed by atoms with Gasteiger partial charge in [0.15, 0.2) is 0 Å². The molecule has 12 rings (SSSR count). The third-order valence-corrected chi connectivity index (χ3v) is 13.2. The summed E-state index contributed by atoms with van der Waals surface area (Å²) in [6.07, 6.45) is 6.79. The fourth-order valence-electron chi connectivity index (χ4n) is 10.5. The summed E-state index contributed by atoms with van der Waals surface area (Å²) in [4.78, 5) is 2.46. The minimum absolute atomic E-state index is 0.409. The van der Waals surface area contributed by atoms with Gasteiger partial charge in [0.2, 0.25) is 0 Å². The number of nitrogens with zero attached hydrogens (tertiary/aromatic N) is 2. The van der Waals surface area contributed by atoms with E-state index in [2.05, 4.69) is 240 Å². The highest BCUT2D eigenvalue weighted by Gasteiger charge is 2.47. The van der Waals surface area contributed by atoms with Gasteiger partial charge in [-0.15, -0.1) is 0 Å². The Hall–Kier alpha value is -7.68. The predicted octanol–water partition coefficient (Wildman–Crippen LogP) is 15.5. The number of anilines is 3. The number of para-hydroxylation sites is 2. The van der Waals surface area contributed by atoms with Gasteiger partial charge in [-0.05, 0) is 117 Å². The van der Waals surface area contributed by atoms with Crippen molar-refractivity contribution in [3.05, 3.63) is 258 Å². The van der Waals surface area contributed by atoms with Gasteiger partial charge in [0, 0.05) is 33.2 Å². The van der Waals surface area contributed by atoms with Gasteiger partial charge in [-0.3, -0.25) is 0 Å². The maximum absolute atomic E-state index is 2.49. The van der Waals surface area contributed by atoms with Gasteiger partial charge >= 0.3 is 0 Å². The second kappa shape index (κ2) is 14.3. The Morgan fingerprint density at radius 2 is 1.02 bits per heavy atom. The van der Waals surface area contributed by atoms with Crippen molar-refractivity contribution in [1.29, 1.82) is 0 Å². The van der Waals surface area contributed by atoms with Gasteiger partial charge in [-0.25, -0.2) is 0 Å². The van der Waals surface area contributed by atoms with Crippen molar-refractivity contribution >= 4 is 55.2 Å². The molecule has 2 nitrogen and oxygen atoms in total. The maximum Gasteiger partial charge on any atom is 0.0677 e. The molecule has 0 fully saturated rings. The molecule has 0 atom stereocenters. The fraction of sp³-hybridized carbons (Fsp3) is 0.0508. The molecule has 0 N–H and O–H groups in total. The largest absolute Gasteiger partial charge is 0.310 e. The van der Waals surface area contributed by atoms with E-state index in [0.29, 0.717) is 0 Å². The molecule has 2 aliphatic carbocycles. The van der Waals surface area contributed by atoms with Crippen LogP contribution in [-0.2, 0) is 5.41 Å². The smallest absolute Gasteiger partial charge is 0.0677 e. The lowest BCUT2D eigenvalue weighted by molar-refractivity contribution is 0.696. The van der Waals surface area contributed by atoms with Crippen molar-refractivity contribution in [2.75, 3.05) is 4.90 Å². The SMILES string of the molecule is C1=CC2=C(CC1)C(c1ccccc1)(c1ccccc1)c1cc(N(c3ccc(-c4ccc(-n5c6ccccc6c6ccccc65)cc4)cc3)c3cccc4ccccc34)ccc12. The molecule has 2 heteroatoms. The van der Waals surface area contributed by atoms with Crippen LogP contribution in [0.1, 0.15) is 35.1 Å². The topological polar surface area (TPSA) is 8.17 Å². The van der Waals surface area contributed by atoms with Crippen molar-refractivity contribution in [1.82, 2.24) is 4.57 Å². The summed E-state index contributed by atoms with van der Waals surface area (Å²) >= 11 is 0. The van der Waals surface area contributed by atoms with E-state index in [0.717, 1.165) is 35.6 Å². The molecule has 1 heterocycles. The van der Waals surface area contributed by atoms with E-state index >= 15 is 0 Å². The first kappa shape index (κ1) is 35.3. The van der Waals surface area contributed by atoms with E-state index in [1.54, 1.807) is 0 Å². The summed E-state index contributed by atoms with van der Waals surface area (Å²) in [7, 11) is 0. The maximum atomic E-state index is 2.49. The number of hydrogen-bond acceptors (Lipinski definition) is 1. The number of hydrogen-bond donors (Lipinski definition) is 0. The first-order valence-electron chi connectivity index (χ1n) is 21.4. The van der Waals surface area contributed by atoms with Crippen LogP contribution in [0.4, 0.5) is 17.1 Å². The first-order valence-corrected chi connectivity index (χ1v) is 21.4. The van der Waals surface area contributed by atoms with Crippen LogP contribution in [0.3, 0.4) is 0 Å². The molecule has 288 valence electrons. The van der Waals surface area contributed by atoms with Crippen molar-refractivity contribution in [2.45, 2.75) is 18.3 Å². The van der Waals surface area contributed by atoms with E-state index < -0.39 is 5.41 Å². The molecule has 0 bridgehead atoms. The molecule has 0 spiro atoms. The van der Waals surface area contributed by atoms with Gasteiger partial charge in [0.05, 0.1) is 22.1 Å². The minimum Gasteiger partial charge on any atom is -0.310 e. The average molecular weight is 779 g/mol.